The number of guanidine groups is 1. The maximum Gasteiger partial charge on any atom is 0.223 e. The molecule has 0 spiro atoms. The number of nitrogens with zero attached hydrogens (tertiary/aromatic N) is 3. The van der Waals surface area contributed by atoms with Crippen molar-refractivity contribution in [2.45, 2.75) is 45.8 Å². The molecule has 0 aliphatic carbocycles. The summed E-state index contributed by atoms with van der Waals surface area (Å²) in [7, 11) is 1.79. The van der Waals surface area contributed by atoms with Crippen molar-refractivity contribution in [3.05, 3.63) is 35.4 Å². The molecule has 1 amide bonds. The molecule has 0 bridgehead atoms. The molecule has 1 saturated heterocycles. The average Bonchev–Trinajstić information content (AvgIpc) is 3.20. The number of aliphatic imine (C=N–C) groups is 1. The summed E-state index contributed by atoms with van der Waals surface area (Å²) >= 11 is 0. The highest BCUT2D eigenvalue weighted by Gasteiger charge is 2.24. The molecule has 1 aromatic rings. The van der Waals surface area contributed by atoms with E-state index in [-0.39, 0.29) is 5.91 Å². The smallest absolute Gasteiger partial charge is 0.223 e. The number of fused-ring (bicyclic) bond motifs is 1. The van der Waals surface area contributed by atoms with Gasteiger partial charge < -0.3 is 20.3 Å². The third-order valence-electron chi connectivity index (χ3n) is 6.04. The van der Waals surface area contributed by atoms with Gasteiger partial charge in [-0.1, -0.05) is 38.1 Å². The molecule has 1 atom stereocenters. The predicted octanol–water partition coefficient (Wildman–Crippen LogP) is 1.83. The van der Waals surface area contributed by atoms with Gasteiger partial charge in [0, 0.05) is 58.8 Å². The van der Waals surface area contributed by atoms with E-state index in [4.69, 9.17) is 4.74 Å². The number of hydrogen-bond donors (Lipinski definition) is 2. The molecule has 2 aliphatic rings. The Morgan fingerprint density at radius 2 is 1.80 bits per heavy atom. The zero-order chi connectivity index (χ0) is 21.3. The fourth-order valence-electron chi connectivity index (χ4n) is 4.23. The number of nitrogens with one attached hydrogen (secondary N) is 2. The Morgan fingerprint density at radius 3 is 2.40 bits per heavy atom. The molecule has 1 fully saturated rings. The van der Waals surface area contributed by atoms with Crippen LogP contribution in [0.25, 0.3) is 0 Å². The third kappa shape index (κ3) is 6.19. The molecule has 7 nitrogen and oxygen atoms in total. The van der Waals surface area contributed by atoms with Gasteiger partial charge in [-0.3, -0.25) is 14.7 Å². The highest BCUT2D eigenvalue weighted by Crippen LogP contribution is 2.22. The zero-order valence-electron chi connectivity index (χ0n) is 18.7. The quantitative estimate of drug-likeness (QED) is 0.385. The topological polar surface area (TPSA) is 69.2 Å². The largest absolute Gasteiger partial charge is 0.379 e. The maximum absolute atomic E-state index is 12.5. The van der Waals surface area contributed by atoms with Gasteiger partial charge in [-0.25, -0.2) is 0 Å². The summed E-state index contributed by atoms with van der Waals surface area (Å²) in [5.41, 5.74) is 2.54. The molecule has 0 saturated carbocycles. The summed E-state index contributed by atoms with van der Waals surface area (Å²) in [6, 6.07) is 8.75. The van der Waals surface area contributed by atoms with Crippen molar-refractivity contribution < 1.29 is 9.53 Å². The van der Waals surface area contributed by atoms with Crippen molar-refractivity contribution in [3.8, 4) is 0 Å². The van der Waals surface area contributed by atoms with Crippen LogP contribution in [-0.4, -0.2) is 74.1 Å². The summed E-state index contributed by atoms with van der Waals surface area (Å²) in [5.74, 6) is 1.58. The van der Waals surface area contributed by atoms with Gasteiger partial charge in [-0.05, 0) is 23.5 Å². The minimum atomic E-state index is 0.225. The molecule has 1 unspecified atom stereocenters. The highest BCUT2D eigenvalue weighted by molar-refractivity contribution is 5.80. The summed E-state index contributed by atoms with van der Waals surface area (Å²) in [4.78, 5) is 21.3. The minimum absolute atomic E-state index is 0.225. The molecular formula is C23H37N5O2. The van der Waals surface area contributed by atoms with Crippen molar-refractivity contribution in [1.29, 1.82) is 0 Å². The van der Waals surface area contributed by atoms with E-state index in [9.17, 15) is 4.79 Å². The highest BCUT2D eigenvalue weighted by atomic mass is 16.5. The second-order valence-corrected chi connectivity index (χ2v) is 8.46. The Balaban J connectivity index is 1.35. The van der Waals surface area contributed by atoms with Crippen molar-refractivity contribution in [2.24, 2.45) is 10.9 Å². The number of carbonyl (C=O) groups is 1. The first-order valence-electron chi connectivity index (χ1n) is 11.2. The first-order chi connectivity index (χ1) is 14.6. The van der Waals surface area contributed by atoms with Gasteiger partial charge in [0.05, 0.1) is 13.2 Å². The van der Waals surface area contributed by atoms with Gasteiger partial charge in [0.2, 0.25) is 5.91 Å². The van der Waals surface area contributed by atoms with Crippen LogP contribution in [0, 0.1) is 5.92 Å². The second-order valence-electron chi connectivity index (χ2n) is 8.46. The van der Waals surface area contributed by atoms with Gasteiger partial charge in [0.15, 0.2) is 5.96 Å². The van der Waals surface area contributed by atoms with Crippen LogP contribution in [0.1, 0.15) is 37.8 Å². The van der Waals surface area contributed by atoms with Crippen LogP contribution in [0.4, 0.5) is 0 Å². The number of morpholine rings is 1. The second kappa shape index (κ2) is 11.3. The monoisotopic (exact) mass is 415 g/mol. The molecular weight excluding hydrogens is 378 g/mol. The van der Waals surface area contributed by atoms with E-state index in [1.165, 1.54) is 11.1 Å². The minimum Gasteiger partial charge on any atom is -0.379 e. The number of hydrogen-bond acceptors (Lipinski definition) is 4. The summed E-state index contributed by atoms with van der Waals surface area (Å²) in [6.07, 6.45) is 1.35. The van der Waals surface area contributed by atoms with E-state index in [1.54, 1.807) is 7.05 Å². The molecule has 1 aromatic carbocycles. The molecule has 0 radical (unpaired) electrons. The number of benzene rings is 1. The summed E-state index contributed by atoms with van der Waals surface area (Å²) < 4.78 is 5.49. The first-order valence-corrected chi connectivity index (χ1v) is 11.2. The van der Waals surface area contributed by atoms with Crippen LogP contribution in [0.15, 0.2) is 29.3 Å². The van der Waals surface area contributed by atoms with Crippen molar-refractivity contribution in [1.82, 2.24) is 20.4 Å². The Labute approximate surface area is 180 Å². The van der Waals surface area contributed by atoms with Crippen LogP contribution < -0.4 is 10.6 Å². The van der Waals surface area contributed by atoms with Gasteiger partial charge in [0.25, 0.3) is 0 Å². The predicted molar refractivity (Wildman–Crippen MR) is 120 cm³/mol. The van der Waals surface area contributed by atoms with E-state index in [2.05, 4.69) is 46.5 Å². The van der Waals surface area contributed by atoms with Gasteiger partial charge >= 0.3 is 0 Å². The van der Waals surface area contributed by atoms with E-state index in [0.29, 0.717) is 18.4 Å². The maximum atomic E-state index is 12.5. The Kier molecular flexibility index (Phi) is 8.51. The molecule has 7 heteroatoms. The van der Waals surface area contributed by atoms with Crippen LogP contribution in [-0.2, 0) is 22.6 Å². The Morgan fingerprint density at radius 1 is 1.13 bits per heavy atom. The number of carbonyl (C=O) groups excluding carboxylic acids is 1. The zero-order valence-corrected chi connectivity index (χ0v) is 18.7. The molecule has 3 rings (SSSR count). The molecule has 30 heavy (non-hydrogen) atoms. The molecule has 2 aliphatic heterocycles. The summed E-state index contributed by atoms with van der Waals surface area (Å²) in [5, 5.41) is 6.82. The third-order valence-corrected chi connectivity index (χ3v) is 6.04. The molecule has 2 heterocycles. The lowest BCUT2D eigenvalue weighted by Crippen LogP contribution is -2.52. The van der Waals surface area contributed by atoms with Crippen LogP contribution in [0.3, 0.4) is 0 Å². The van der Waals surface area contributed by atoms with Crippen molar-refractivity contribution in [3.63, 3.8) is 0 Å². The van der Waals surface area contributed by atoms with E-state index in [1.807, 2.05) is 17.0 Å². The van der Waals surface area contributed by atoms with Gasteiger partial charge in [0.1, 0.15) is 0 Å². The van der Waals surface area contributed by atoms with Crippen molar-refractivity contribution >= 4 is 11.9 Å². The molecule has 2 N–H and O–H groups in total. The lowest BCUT2D eigenvalue weighted by Gasteiger charge is -2.37. The SMILES string of the molecule is CN=C(NCCCC(=O)N1Cc2ccccc2C1)NCC(C(C)C)N1CCOCC1. The number of rotatable bonds is 8. The number of amides is 1. The fourth-order valence-corrected chi connectivity index (χ4v) is 4.23. The first kappa shape index (κ1) is 22.6. The van der Waals surface area contributed by atoms with Crippen LogP contribution >= 0.6 is 0 Å². The van der Waals surface area contributed by atoms with E-state index >= 15 is 0 Å². The standard InChI is InChI=1S/C23H37N5O2/c1-18(2)21(27-11-13-30-14-12-27)15-26-23(24-3)25-10-6-9-22(29)28-16-19-7-4-5-8-20(19)17-28/h4-5,7-8,18,21H,6,9-17H2,1-3H3,(H2,24,25,26). The van der Waals surface area contributed by atoms with E-state index < -0.39 is 0 Å². The summed E-state index contributed by atoms with van der Waals surface area (Å²) in [6.45, 7) is 11.2. The lowest BCUT2D eigenvalue weighted by molar-refractivity contribution is -0.131. The van der Waals surface area contributed by atoms with Gasteiger partial charge in [-0.15, -0.1) is 0 Å². The normalized spacial score (nSPS) is 18.4. The Bertz CT molecular complexity index is 690. The molecule has 0 aromatic heterocycles. The number of ether oxygens (including phenoxy) is 1. The van der Waals surface area contributed by atoms with Gasteiger partial charge in [-0.2, -0.15) is 0 Å². The van der Waals surface area contributed by atoms with Crippen LogP contribution in [0.2, 0.25) is 0 Å². The Hall–Kier alpha value is -2.12. The lowest BCUT2D eigenvalue weighted by atomic mass is 10.0. The van der Waals surface area contributed by atoms with Crippen molar-refractivity contribution in [2.75, 3.05) is 46.4 Å². The van der Waals surface area contributed by atoms with E-state index in [0.717, 1.165) is 64.9 Å². The fraction of sp³-hybridized carbons (Fsp3) is 0.652. The van der Waals surface area contributed by atoms with Crippen LogP contribution in [0.5, 0.6) is 0 Å². The molecule has 166 valence electrons. The average molecular weight is 416 g/mol.